The molecule has 0 aromatic carbocycles. The number of nitrogens with zero attached hydrogens (tertiary/aromatic N) is 1. The van der Waals surface area contributed by atoms with Gasteiger partial charge in [0.05, 0.1) is 7.11 Å². The zero-order valence-corrected chi connectivity index (χ0v) is 11.0. The van der Waals surface area contributed by atoms with Gasteiger partial charge in [-0.1, -0.05) is 6.47 Å². The zero-order chi connectivity index (χ0) is 10.4. The first kappa shape index (κ1) is 14.2. The van der Waals surface area contributed by atoms with E-state index in [1.54, 1.807) is 18.3 Å². The molecule has 1 heterocycles. The van der Waals surface area contributed by atoms with E-state index in [0.717, 1.165) is 0 Å². The summed E-state index contributed by atoms with van der Waals surface area (Å²) in [4.78, 5) is 20.9. The number of hydrogen-bond donors (Lipinski definition) is 0. The summed E-state index contributed by atoms with van der Waals surface area (Å²) >= 11 is 0. The Morgan fingerprint density at radius 3 is 2.93 bits per heavy atom. The third-order valence-corrected chi connectivity index (χ3v) is 1.55. The van der Waals surface area contributed by atoms with Gasteiger partial charge in [0.1, 0.15) is 5.56 Å². The fourth-order valence-corrected chi connectivity index (χ4v) is 0.942. The molecule has 0 N–H and O–H groups in total. The van der Waals surface area contributed by atoms with Gasteiger partial charge in [0.2, 0.25) is 0 Å². The maximum atomic E-state index is 11.1. The average molecular weight is 284 g/mol. The van der Waals surface area contributed by atoms with Gasteiger partial charge in [-0.15, -0.1) is 0 Å². The molecule has 1 rings (SSSR count). The van der Waals surface area contributed by atoms with Crippen LogP contribution in [0.4, 0.5) is 0 Å². The normalized spacial score (nSPS) is 8.60. The fourth-order valence-electron chi connectivity index (χ4n) is 0.942. The van der Waals surface area contributed by atoms with E-state index in [4.69, 9.17) is 0 Å². The standard InChI is InChI=1S/C9H9NO4.Y/c1-13-9(12)8-3-2-4-10(5-8)6-14-7-11;/h2-5H,6H2,1H3;. The van der Waals surface area contributed by atoms with Crippen molar-refractivity contribution in [2.45, 2.75) is 6.73 Å². The minimum Gasteiger partial charge on any atom is -0.606 e. The van der Waals surface area contributed by atoms with Crippen LogP contribution in [0.1, 0.15) is 10.4 Å². The van der Waals surface area contributed by atoms with E-state index in [9.17, 15) is 9.59 Å². The van der Waals surface area contributed by atoms with Crippen LogP contribution >= 0.6 is 0 Å². The Hall–Kier alpha value is -0.806. The first-order valence-corrected chi connectivity index (χ1v) is 3.84. The molecule has 1 radical (unpaired) electrons. The second kappa shape index (κ2) is 7.48. The second-order valence-electron chi connectivity index (χ2n) is 2.46. The summed E-state index contributed by atoms with van der Waals surface area (Å²) in [5.41, 5.74) is 0.393. The SMILES string of the molecule is COC(=O)c1ccc[n+](CO[C-]=O)c1.[Y]. The Morgan fingerprint density at radius 2 is 2.33 bits per heavy atom. The summed E-state index contributed by atoms with van der Waals surface area (Å²) in [5, 5.41) is 0. The molecule has 0 bridgehead atoms. The van der Waals surface area contributed by atoms with E-state index in [2.05, 4.69) is 9.47 Å². The van der Waals surface area contributed by atoms with Crippen molar-refractivity contribution in [1.82, 2.24) is 0 Å². The van der Waals surface area contributed by atoms with Crippen molar-refractivity contribution in [2.75, 3.05) is 7.11 Å². The van der Waals surface area contributed by atoms with E-state index < -0.39 is 5.97 Å². The maximum Gasteiger partial charge on any atom is 0.343 e. The Morgan fingerprint density at radius 1 is 1.60 bits per heavy atom. The molecule has 0 saturated carbocycles. The van der Waals surface area contributed by atoms with Crippen LogP contribution in [0.5, 0.6) is 0 Å². The molecule has 77 valence electrons. The Balaban J connectivity index is 0.00000196. The summed E-state index contributed by atoms with van der Waals surface area (Å²) in [6.45, 7) is 1.31. The van der Waals surface area contributed by atoms with Gasteiger partial charge in [0.25, 0.3) is 6.73 Å². The molecule has 6 heteroatoms. The predicted octanol–water partition coefficient (Wildman–Crippen LogP) is -0.201. The largest absolute Gasteiger partial charge is 0.606 e. The van der Waals surface area contributed by atoms with Crippen molar-refractivity contribution in [3.8, 4) is 0 Å². The average Bonchev–Trinajstić information content (AvgIpc) is 2.25. The van der Waals surface area contributed by atoms with E-state index in [1.807, 2.05) is 0 Å². The third kappa shape index (κ3) is 4.49. The number of ether oxygens (including phenoxy) is 2. The zero-order valence-electron chi connectivity index (χ0n) is 8.17. The van der Waals surface area contributed by atoms with Crippen molar-refractivity contribution in [1.29, 1.82) is 0 Å². The topological polar surface area (TPSA) is 56.5 Å². The fraction of sp³-hybridized carbons (Fsp3) is 0.222. The first-order chi connectivity index (χ1) is 6.77. The van der Waals surface area contributed by atoms with Gasteiger partial charge in [0.15, 0.2) is 12.4 Å². The maximum absolute atomic E-state index is 11.1. The van der Waals surface area contributed by atoms with Crippen LogP contribution in [0.15, 0.2) is 24.5 Å². The van der Waals surface area contributed by atoms with E-state index in [0.29, 0.717) is 5.56 Å². The predicted molar refractivity (Wildman–Crippen MR) is 44.8 cm³/mol. The molecule has 0 fully saturated rings. The monoisotopic (exact) mass is 284 g/mol. The molecule has 1 aromatic heterocycles. The number of pyridine rings is 1. The second-order valence-corrected chi connectivity index (χ2v) is 2.46. The van der Waals surface area contributed by atoms with E-state index >= 15 is 0 Å². The summed E-state index contributed by atoms with van der Waals surface area (Å²) in [6.07, 6.45) is 3.17. The minimum atomic E-state index is -0.436. The van der Waals surface area contributed by atoms with Crippen molar-refractivity contribution < 1.29 is 56.3 Å². The number of hydrogen-bond acceptors (Lipinski definition) is 4. The number of carbonyl (C=O) groups is 1. The van der Waals surface area contributed by atoms with Crippen molar-refractivity contribution >= 4 is 12.4 Å². The molecule has 5 nitrogen and oxygen atoms in total. The van der Waals surface area contributed by atoms with Crippen LogP contribution in [0.25, 0.3) is 0 Å². The molecule has 0 spiro atoms. The van der Waals surface area contributed by atoms with Gasteiger partial charge in [-0.3, -0.25) is 0 Å². The molecule has 0 amide bonds. The van der Waals surface area contributed by atoms with Crippen LogP contribution < -0.4 is 4.57 Å². The third-order valence-electron chi connectivity index (χ3n) is 1.55. The molecule has 0 saturated heterocycles. The number of methoxy groups -OCH3 is 1. The molecule has 15 heavy (non-hydrogen) atoms. The molecule has 1 aromatic rings. The first-order valence-electron chi connectivity index (χ1n) is 3.84. The quantitative estimate of drug-likeness (QED) is 0.436. The van der Waals surface area contributed by atoms with Crippen molar-refractivity contribution in [3.05, 3.63) is 30.1 Å². The number of carbonyl (C=O) groups excluding carboxylic acids is 2. The van der Waals surface area contributed by atoms with Gasteiger partial charge in [-0.2, -0.15) is 4.57 Å². The van der Waals surface area contributed by atoms with E-state index in [-0.39, 0.29) is 39.4 Å². The molecule has 0 aliphatic carbocycles. The van der Waals surface area contributed by atoms with Crippen LogP contribution in [0.3, 0.4) is 0 Å². The van der Waals surface area contributed by atoms with Gasteiger partial charge in [-0.25, -0.2) is 4.79 Å². The Kier molecular flexibility index (Phi) is 7.08. The summed E-state index contributed by atoms with van der Waals surface area (Å²) in [6, 6.07) is 3.26. The number of aromatic nitrogens is 1. The molecule has 0 unspecified atom stereocenters. The smallest absolute Gasteiger partial charge is 0.343 e. The summed E-state index contributed by atoms with van der Waals surface area (Å²) < 4.78 is 10.4. The van der Waals surface area contributed by atoms with Gasteiger partial charge < -0.3 is 14.3 Å². The van der Waals surface area contributed by atoms with Gasteiger partial charge in [0, 0.05) is 38.8 Å². The van der Waals surface area contributed by atoms with Crippen molar-refractivity contribution in [3.63, 3.8) is 0 Å². The Bertz CT molecular complexity index is 343. The minimum absolute atomic E-state index is 0. The van der Waals surface area contributed by atoms with Crippen LogP contribution in [-0.4, -0.2) is 19.6 Å². The van der Waals surface area contributed by atoms with Crippen LogP contribution in [0.2, 0.25) is 0 Å². The van der Waals surface area contributed by atoms with Crippen LogP contribution in [-0.2, 0) is 53.7 Å². The molecular weight excluding hydrogens is 275 g/mol. The van der Waals surface area contributed by atoms with Gasteiger partial charge in [-0.05, 0) is 6.07 Å². The molecule has 0 atom stereocenters. The van der Waals surface area contributed by atoms with Crippen molar-refractivity contribution in [2.24, 2.45) is 0 Å². The Labute approximate surface area is 112 Å². The number of esters is 1. The van der Waals surface area contributed by atoms with E-state index in [1.165, 1.54) is 24.3 Å². The number of rotatable bonds is 4. The summed E-state index contributed by atoms with van der Waals surface area (Å²) in [5.74, 6) is -0.436. The molecule has 0 aliphatic heterocycles. The van der Waals surface area contributed by atoms with Crippen LogP contribution in [0, 0.1) is 0 Å². The van der Waals surface area contributed by atoms with Gasteiger partial charge >= 0.3 is 5.97 Å². The summed E-state index contributed by atoms with van der Waals surface area (Å²) in [7, 11) is 1.30. The molecule has 0 aliphatic rings. The molecular formula is C9H9NO4Y.